The fourth-order valence-corrected chi connectivity index (χ4v) is 1.89. The van der Waals surface area contributed by atoms with Crippen molar-refractivity contribution in [1.29, 1.82) is 0 Å². The number of hydrogen-bond donors (Lipinski definition) is 2. The van der Waals surface area contributed by atoms with Gasteiger partial charge in [-0.2, -0.15) is 5.10 Å². The van der Waals surface area contributed by atoms with Crippen LogP contribution >= 0.6 is 0 Å². The van der Waals surface area contributed by atoms with Crippen molar-refractivity contribution in [2.24, 2.45) is 0 Å². The fourth-order valence-electron chi connectivity index (χ4n) is 1.89. The van der Waals surface area contributed by atoms with Gasteiger partial charge in [-0.25, -0.2) is 0 Å². The highest BCUT2D eigenvalue weighted by molar-refractivity contribution is 6.04. The van der Waals surface area contributed by atoms with E-state index in [1.54, 1.807) is 6.20 Å². The molecule has 0 aliphatic carbocycles. The molecule has 0 saturated carbocycles. The average molecular weight is 229 g/mol. The first-order chi connectivity index (χ1) is 8.34. The van der Waals surface area contributed by atoms with Gasteiger partial charge in [0.05, 0.1) is 25.0 Å². The second-order valence-electron chi connectivity index (χ2n) is 3.88. The van der Waals surface area contributed by atoms with E-state index in [-0.39, 0.29) is 5.91 Å². The molecule has 1 amide bonds. The van der Waals surface area contributed by atoms with Gasteiger partial charge in [-0.15, -0.1) is 0 Å². The van der Waals surface area contributed by atoms with Gasteiger partial charge in [0.1, 0.15) is 0 Å². The summed E-state index contributed by atoms with van der Waals surface area (Å²) in [7, 11) is 0. The van der Waals surface area contributed by atoms with Crippen LogP contribution in [0.25, 0.3) is 0 Å². The second kappa shape index (κ2) is 4.03. The minimum Gasteiger partial charge on any atom is -0.372 e. The van der Waals surface area contributed by atoms with E-state index in [1.165, 1.54) is 6.20 Å². The highest BCUT2D eigenvalue weighted by Gasteiger charge is 2.16. The number of carbonyl (C=O) groups is 1. The van der Waals surface area contributed by atoms with Crippen LogP contribution in [0.4, 0.5) is 5.69 Å². The second-order valence-corrected chi connectivity index (χ2v) is 3.88. The Balaban J connectivity index is 1.87. The first-order valence-corrected chi connectivity index (χ1v) is 5.33. The molecule has 0 unspecified atom stereocenters. The number of nitrogens with zero attached hydrogens (tertiary/aromatic N) is 1. The molecule has 1 aliphatic heterocycles. The van der Waals surface area contributed by atoms with Gasteiger partial charge in [0.25, 0.3) is 5.91 Å². The maximum atomic E-state index is 11.9. The summed E-state index contributed by atoms with van der Waals surface area (Å²) in [6, 6.07) is 5.81. The van der Waals surface area contributed by atoms with Crippen LogP contribution < -0.4 is 5.32 Å². The van der Waals surface area contributed by atoms with E-state index in [1.807, 2.05) is 18.2 Å². The van der Waals surface area contributed by atoms with Crippen molar-refractivity contribution in [2.45, 2.75) is 13.2 Å². The number of fused-ring (bicyclic) bond motifs is 1. The molecule has 2 N–H and O–H groups in total. The number of H-pyrrole nitrogens is 1. The summed E-state index contributed by atoms with van der Waals surface area (Å²) < 4.78 is 5.36. The number of anilines is 1. The third-order valence-corrected chi connectivity index (χ3v) is 2.79. The number of amides is 1. The van der Waals surface area contributed by atoms with Gasteiger partial charge in [-0.3, -0.25) is 9.89 Å². The highest BCUT2D eigenvalue weighted by atomic mass is 16.5. The molecule has 1 aromatic carbocycles. The Morgan fingerprint density at radius 1 is 1.41 bits per heavy atom. The van der Waals surface area contributed by atoms with Crippen molar-refractivity contribution < 1.29 is 9.53 Å². The van der Waals surface area contributed by atoms with E-state index in [4.69, 9.17) is 4.74 Å². The fraction of sp³-hybridized carbons (Fsp3) is 0.167. The first-order valence-electron chi connectivity index (χ1n) is 5.33. The topological polar surface area (TPSA) is 67.0 Å². The molecule has 0 bridgehead atoms. The highest BCUT2D eigenvalue weighted by Crippen LogP contribution is 2.27. The molecular weight excluding hydrogens is 218 g/mol. The number of hydrogen-bond acceptors (Lipinski definition) is 3. The molecule has 0 spiro atoms. The van der Waals surface area contributed by atoms with Gasteiger partial charge in [0, 0.05) is 17.4 Å². The van der Waals surface area contributed by atoms with Crippen LogP contribution in [0.15, 0.2) is 30.6 Å². The summed E-state index contributed by atoms with van der Waals surface area (Å²) in [5.41, 5.74) is 3.52. The van der Waals surface area contributed by atoms with Crippen molar-refractivity contribution >= 4 is 11.6 Å². The van der Waals surface area contributed by atoms with Gasteiger partial charge in [0.2, 0.25) is 0 Å². The van der Waals surface area contributed by atoms with E-state index in [9.17, 15) is 4.79 Å². The van der Waals surface area contributed by atoms with Crippen LogP contribution in [-0.4, -0.2) is 16.1 Å². The average Bonchev–Trinajstić information content (AvgIpc) is 3.00. The van der Waals surface area contributed by atoms with Crippen LogP contribution in [-0.2, 0) is 18.0 Å². The number of ether oxygens (including phenoxy) is 1. The molecule has 0 saturated heterocycles. The smallest absolute Gasteiger partial charge is 0.258 e. The van der Waals surface area contributed by atoms with Gasteiger partial charge in [-0.05, 0) is 11.6 Å². The lowest BCUT2D eigenvalue weighted by Crippen LogP contribution is -2.12. The Bertz CT molecular complexity index is 549. The molecule has 5 nitrogen and oxygen atoms in total. The number of carbonyl (C=O) groups excluding carboxylic acids is 1. The lowest BCUT2D eigenvalue weighted by Gasteiger charge is -2.07. The van der Waals surface area contributed by atoms with Crippen LogP contribution in [0.1, 0.15) is 21.5 Å². The summed E-state index contributed by atoms with van der Waals surface area (Å²) in [5.74, 6) is -0.168. The van der Waals surface area contributed by atoms with Crippen molar-refractivity contribution in [3.63, 3.8) is 0 Å². The molecule has 0 fully saturated rings. The molecule has 1 aliphatic rings. The van der Waals surface area contributed by atoms with Crippen LogP contribution in [0.3, 0.4) is 0 Å². The molecule has 1 aromatic heterocycles. The summed E-state index contributed by atoms with van der Waals surface area (Å²) >= 11 is 0. The minimum atomic E-state index is -0.168. The van der Waals surface area contributed by atoms with Crippen LogP contribution in [0, 0.1) is 0 Å². The van der Waals surface area contributed by atoms with Gasteiger partial charge < -0.3 is 10.1 Å². The SMILES string of the molecule is O=C(Nc1cccc2c1COC2)c1cn[nH]c1. The van der Waals surface area contributed by atoms with Crippen molar-refractivity contribution in [3.8, 4) is 0 Å². The zero-order valence-electron chi connectivity index (χ0n) is 9.06. The minimum absolute atomic E-state index is 0.168. The van der Waals surface area contributed by atoms with E-state index in [0.717, 1.165) is 16.8 Å². The Morgan fingerprint density at radius 3 is 3.18 bits per heavy atom. The maximum absolute atomic E-state index is 11.9. The molecular formula is C12H11N3O2. The summed E-state index contributed by atoms with van der Waals surface area (Å²) in [5, 5.41) is 9.23. The van der Waals surface area contributed by atoms with E-state index >= 15 is 0 Å². The number of rotatable bonds is 2. The molecule has 2 heterocycles. The summed E-state index contributed by atoms with van der Waals surface area (Å²) in [4.78, 5) is 11.9. The normalized spacial score (nSPS) is 13.4. The molecule has 0 radical (unpaired) electrons. The number of nitrogens with one attached hydrogen (secondary N) is 2. The molecule has 2 aromatic rings. The lowest BCUT2D eigenvalue weighted by molar-refractivity contribution is 0.102. The van der Waals surface area contributed by atoms with Gasteiger partial charge >= 0.3 is 0 Å². The lowest BCUT2D eigenvalue weighted by atomic mass is 10.1. The molecule has 17 heavy (non-hydrogen) atoms. The number of aromatic nitrogens is 2. The molecule has 86 valence electrons. The zero-order valence-corrected chi connectivity index (χ0v) is 9.06. The van der Waals surface area contributed by atoms with E-state index < -0.39 is 0 Å². The van der Waals surface area contributed by atoms with Crippen molar-refractivity contribution in [2.75, 3.05) is 5.32 Å². The first kappa shape index (κ1) is 10.0. The predicted molar refractivity (Wildman–Crippen MR) is 61.5 cm³/mol. The maximum Gasteiger partial charge on any atom is 0.258 e. The Labute approximate surface area is 97.8 Å². The number of benzene rings is 1. The molecule has 3 rings (SSSR count). The summed E-state index contributed by atoms with van der Waals surface area (Å²) in [6.45, 7) is 1.17. The van der Waals surface area contributed by atoms with E-state index in [2.05, 4.69) is 15.5 Å². The van der Waals surface area contributed by atoms with Crippen LogP contribution in [0.2, 0.25) is 0 Å². The Morgan fingerprint density at radius 2 is 2.35 bits per heavy atom. The predicted octanol–water partition coefficient (Wildman–Crippen LogP) is 1.69. The molecule has 0 atom stereocenters. The molecule has 5 heteroatoms. The summed E-state index contributed by atoms with van der Waals surface area (Å²) in [6.07, 6.45) is 3.06. The van der Waals surface area contributed by atoms with Gasteiger partial charge in [-0.1, -0.05) is 12.1 Å². The Kier molecular flexibility index (Phi) is 2.38. The number of aromatic amines is 1. The monoisotopic (exact) mass is 229 g/mol. The zero-order chi connectivity index (χ0) is 11.7. The van der Waals surface area contributed by atoms with Gasteiger partial charge in [0.15, 0.2) is 0 Å². The standard InChI is InChI=1S/C12H11N3O2/c16-12(9-4-13-14-5-9)15-11-3-1-2-8-6-17-7-10(8)11/h1-5H,6-7H2,(H,13,14)(H,15,16). The van der Waals surface area contributed by atoms with Crippen molar-refractivity contribution in [3.05, 3.63) is 47.3 Å². The van der Waals surface area contributed by atoms with Crippen molar-refractivity contribution in [1.82, 2.24) is 10.2 Å². The largest absolute Gasteiger partial charge is 0.372 e. The third kappa shape index (κ3) is 1.81. The third-order valence-electron chi connectivity index (χ3n) is 2.79. The van der Waals surface area contributed by atoms with E-state index in [0.29, 0.717) is 18.8 Å². The quantitative estimate of drug-likeness (QED) is 0.823. The van der Waals surface area contributed by atoms with Crippen LogP contribution in [0.5, 0.6) is 0 Å². The Hall–Kier alpha value is -2.14.